The van der Waals surface area contributed by atoms with Gasteiger partial charge in [-0.1, -0.05) is 6.58 Å². The molecule has 0 aliphatic carbocycles. The third-order valence-electron chi connectivity index (χ3n) is 1.08. The minimum absolute atomic E-state index is 0.215. The van der Waals surface area contributed by atoms with Crippen molar-refractivity contribution in [3.8, 4) is 0 Å². The zero-order valence-electron chi connectivity index (χ0n) is 8.48. The van der Waals surface area contributed by atoms with E-state index in [0.29, 0.717) is 0 Å². The van der Waals surface area contributed by atoms with E-state index in [9.17, 15) is 9.36 Å². The second-order valence-electron chi connectivity index (χ2n) is 3.93. The lowest BCUT2D eigenvalue weighted by molar-refractivity contribution is -0.149. The number of rotatable bonds is 3. The van der Waals surface area contributed by atoms with Crippen molar-refractivity contribution in [3.63, 3.8) is 0 Å². The van der Waals surface area contributed by atoms with Gasteiger partial charge in [-0.3, -0.25) is 4.57 Å². The van der Waals surface area contributed by atoms with Crippen molar-refractivity contribution in [2.45, 2.75) is 26.4 Å². The summed E-state index contributed by atoms with van der Waals surface area (Å²) in [4.78, 5) is 28.3. The van der Waals surface area contributed by atoms with Crippen molar-refractivity contribution >= 4 is 13.6 Å². The normalized spacial score (nSPS) is 12.4. The second-order valence-corrected chi connectivity index (χ2v) is 5.57. The molecule has 2 N–H and O–H groups in total. The molecule has 0 atom stereocenters. The molecule has 0 rings (SSSR count). The van der Waals surface area contributed by atoms with E-state index in [1.165, 1.54) is 0 Å². The molecule has 0 bridgehead atoms. The Bertz CT molecular complexity index is 283. The average Bonchev–Trinajstić information content (AvgIpc) is 1.78. The fraction of sp³-hybridized carbons (Fsp3) is 0.625. The Balaban J connectivity index is 4.30. The number of hydrogen-bond donors (Lipinski definition) is 2. The molecular weight excluding hydrogens is 207 g/mol. The van der Waals surface area contributed by atoms with Crippen LogP contribution in [0.2, 0.25) is 0 Å². The Hall–Kier alpha value is -0.640. The fourth-order valence-electron chi connectivity index (χ4n) is 0.663. The van der Waals surface area contributed by atoms with Gasteiger partial charge in [0.25, 0.3) is 0 Å². The van der Waals surface area contributed by atoms with Gasteiger partial charge in [-0.2, -0.15) is 0 Å². The van der Waals surface area contributed by atoms with Crippen molar-refractivity contribution in [3.05, 3.63) is 12.2 Å². The van der Waals surface area contributed by atoms with Gasteiger partial charge in [-0.25, -0.2) is 4.79 Å². The van der Waals surface area contributed by atoms with Gasteiger partial charge in [0.15, 0.2) is 0 Å². The van der Waals surface area contributed by atoms with Crippen LogP contribution in [-0.2, 0) is 14.1 Å². The van der Waals surface area contributed by atoms with Crippen LogP contribution in [0.25, 0.3) is 0 Å². The highest BCUT2D eigenvalue weighted by Crippen LogP contribution is 2.36. The second kappa shape index (κ2) is 4.26. The van der Waals surface area contributed by atoms with Gasteiger partial charge < -0.3 is 14.5 Å². The first kappa shape index (κ1) is 13.4. The summed E-state index contributed by atoms with van der Waals surface area (Å²) in [5.41, 5.74) is -0.900. The van der Waals surface area contributed by atoms with E-state index in [-0.39, 0.29) is 5.57 Å². The molecule has 0 aromatic carbocycles. The third-order valence-corrected chi connectivity index (χ3v) is 1.88. The highest BCUT2D eigenvalue weighted by Gasteiger charge is 2.23. The molecule has 0 heterocycles. The van der Waals surface area contributed by atoms with E-state index in [1.54, 1.807) is 20.8 Å². The molecule has 5 nitrogen and oxygen atoms in total. The maximum absolute atomic E-state index is 11.2. The Morgan fingerprint density at radius 2 is 1.86 bits per heavy atom. The van der Waals surface area contributed by atoms with E-state index in [1.807, 2.05) is 0 Å². The summed E-state index contributed by atoms with van der Waals surface area (Å²) in [6, 6.07) is 0. The first-order valence-electron chi connectivity index (χ1n) is 3.97. The monoisotopic (exact) mass is 222 g/mol. The predicted molar refractivity (Wildman–Crippen MR) is 51.9 cm³/mol. The van der Waals surface area contributed by atoms with Crippen molar-refractivity contribution in [1.29, 1.82) is 0 Å². The molecule has 0 unspecified atom stereocenters. The molecule has 0 aliphatic rings. The van der Waals surface area contributed by atoms with E-state index in [0.717, 1.165) is 0 Å². The molecule has 0 aromatic rings. The summed E-state index contributed by atoms with van der Waals surface area (Å²) in [6.45, 7) is 8.24. The van der Waals surface area contributed by atoms with Crippen LogP contribution in [0.15, 0.2) is 12.2 Å². The van der Waals surface area contributed by atoms with Crippen molar-refractivity contribution < 1.29 is 23.9 Å². The zero-order chi connectivity index (χ0) is 11.6. The summed E-state index contributed by atoms with van der Waals surface area (Å²) in [5.74, 6) is -0.777. The van der Waals surface area contributed by atoms with Gasteiger partial charge in [-0.15, -0.1) is 0 Å². The first-order valence-corrected chi connectivity index (χ1v) is 5.77. The Morgan fingerprint density at radius 1 is 1.43 bits per heavy atom. The fourth-order valence-corrected chi connectivity index (χ4v) is 1.29. The Kier molecular flexibility index (Phi) is 4.06. The minimum atomic E-state index is -4.24. The highest BCUT2D eigenvalue weighted by atomic mass is 31.2. The maximum atomic E-state index is 11.2. The van der Waals surface area contributed by atoms with E-state index >= 15 is 0 Å². The van der Waals surface area contributed by atoms with E-state index in [4.69, 9.17) is 14.5 Å². The predicted octanol–water partition coefficient (Wildman–Crippen LogP) is 1.06. The van der Waals surface area contributed by atoms with Crippen LogP contribution in [0.5, 0.6) is 0 Å². The quantitative estimate of drug-likeness (QED) is 0.423. The lowest BCUT2D eigenvalue weighted by Gasteiger charge is -2.20. The molecule has 0 fully saturated rings. The summed E-state index contributed by atoms with van der Waals surface area (Å²) < 4.78 is 15.4. The molecule has 14 heavy (non-hydrogen) atoms. The maximum Gasteiger partial charge on any atom is 0.334 e. The lowest BCUT2D eigenvalue weighted by Crippen LogP contribution is -2.25. The zero-order valence-corrected chi connectivity index (χ0v) is 9.38. The van der Waals surface area contributed by atoms with Crippen LogP contribution in [0.4, 0.5) is 0 Å². The summed E-state index contributed by atoms with van der Waals surface area (Å²) >= 11 is 0. The Morgan fingerprint density at radius 3 is 2.14 bits per heavy atom. The molecule has 0 saturated heterocycles. The Labute approximate surface area is 82.9 Å². The van der Waals surface area contributed by atoms with Crippen LogP contribution in [0.1, 0.15) is 20.8 Å². The number of carbonyl (C=O) groups is 1. The first-order chi connectivity index (χ1) is 6.01. The van der Waals surface area contributed by atoms with Crippen LogP contribution in [-0.4, -0.2) is 27.5 Å². The number of carbonyl (C=O) groups excluding carboxylic acids is 1. The van der Waals surface area contributed by atoms with Crippen LogP contribution < -0.4 is 0 Å². The van der Waals surface area contributed by atoms with Crippen molar-refractivity contribution in [1.82, 2.24) is 0 Å². The summed E-state index contributed by atoms with van der Waals surface area (Å²) in [7, 11) is -4.24. The molecule has 0 spiro atoms. The van der Waals surface area contributed by atoms with Crippen molar-refractivity contribution in [2.24, 2.45) is 0 Å². The topological polar surface area (TPSA) is 83.8 Å². The SMILES string of the molecule is C=C(CP(=O)(O)O)C(=O)OC(C)(C)C. The lowest BCUT2D eigenvalue weighted by atomic mass is 10.2. The average molecular weight is 222 g/mol. The molecule has 0 aromatic heterocycles. The van der Waals surface area contributed by atoms with E-state index in [2.05, 4.69) is 6.58 Å². The van der Waals surface area contributed by atoms with Gasteiger partial charge >= 0.3 is 13.6 Å². The molecule has 0 aliphatic heterocycles. The largest absolute Gasteiger partial charge is 0.457 e. The summed E-state index contributed by atoms with van der Waals surface area (Å²) in [6.07, 6.45) is -0.665. The van der Waals surface area contributed by atoms with Crippen LogP contribution in [0, 0.1) is 0 Å². The van der Waals surface area contributed by atoms with Crippen molar-refractivity contribution in [2.75, 3.05) is 6.16 Å². The number of hydrogen-bond acceptors (Lipinski definition) is 3. The van der Waals surface area contributed by atoms with Gasteiger partial charge in [-0.05, 0) is 20.8 Å². The number of ether oxygens (including phenoxy) is 1. The smallest absolute Gasteiger partial charge is 0.334 e. The molecular formula is C8H15O5P. The minimum Gasteiger partial charge on any atom is -0.457 e. The van der Waals surface area contributed by atoms with E-state index < -0.39 is 25.3 Å². The van der Waals surface area contributed by atoms with Crippen LogP contribution in [0.3, 0.4) is 0 Å². The standard InChI is InChI=1S/C8H15O5P/c1-6(5-14(10,11)12)7(9)13-8(2,3)4/h1,5H2,2-4H3,(H2,10,11,12). The van der Waals surface area contributed by atoms with Gasteiger partial charge in [0.2, 0.25) is 0 Å². The van der Waals surface area contributed by atoms with Gasteiger partial charge in [0, 0.05) is 5.57 Å². The van der Waals surface area contributed by atoms with Crippen LogP contribution >= 0.6 is 7.60 Å². The summed E-state index contributed by atoms with van der Waals surface area (Å²) in [5, 5.41) is 0. The highest BCUT2D eigenvalue weighted by molar-refractivity contribution is 7.52. The van der Waals surface area contributed by atoms with Gasteiger partial charge in [0.1, 0.15) is 5.60 Å². The molecule has 6 heteroatoms. The molecule has 0 amide bonds. The molecule has 0 radical (unpaired) electrons. The third kappa shape index (κ3) is 6.83. The number of esters is 1. The molecule has 82 valence electrons. The molecule has 0 saturated carbocycles. The van der Waals surface area contributed by atoms with Gasteiger partial charge in [0.05, 0.1) is 6.16 Å².